The van der Waals surface area contributed by atoms with Gasteiger partial charge in [0.05, 0.1) is 5.69 Å². The van der Waals surface area contributed by atoms with Gasteiger partial charge in [-0.05, 0) is 25.8 Å². The fourth-order valence-electron chi connectivity index (χ4n) is 2.27. The van der Waals surface area contributed by atoms with Crippen molar-refractivity contribution in [3.05, 3.63) is 40.4 Å². The summed E-state index contributed by atoms with van der Waals surface area (Å²) in [7, 11) is 0. The van der Waals surface area contributed by atoms with Crippen LogP contribution < -0.4 is 5.73 Å². The molecule has 1 aromatic heterocycles. The molecular formula is C18H26N2S. The summed E-state index contributed by atoms with van der Waals surface area (Å²) in [5.74, 6) is 0. The highest BCUT2D eigenvalue weighted by Gasteiger charge is 2.30. The Morgan fingerprint density at radius 3 is 2.00 bits per heavy atom. The van der Waals surface area contributed by atoms with Crippen molar-refractivity contribution in [2.45, 2.75) is 58.9 Å². The first-order chi connectivity index (χ1) is 9.63. The Labute approximate surface area is 132 Å². The Morgan fingerprint density at radius 1 is 1.05 bits per heavy atom. The number of nitrogens with zero attached hydrogens (tertiary/aromatic N) is 1. The van der Waals surface area contributed by atoms with E-state index in [9.17, 15) is 0 Å². The maximum absolute atomic E-state index is 6.36. The van der Waals surface area contributed by atoms with E-state index in [4.69, 9.17) is 10.7 Å². The van der Waals surface area contributed by atoms with Crippen molar-refractivity contribution in [2.24, 2.45) is 5.73 Å². The van der Waals surface area contributed by atoms with E-state index in [1.165, 1.54) is 16.0 Å². The molecule has 2 rings (SSSR count). The zero-order valence-corrected chi connectivity index (χ0v) is 14.8. The van der Waals surface area contributed by atoms with Crippen LogP contribution in [0.4, 0.5) is 0 Å². The summed E-state index contributed by atoms with van der Waals surface area (Å²) >= 11 is 1.72. The van der Waals surface area contributed by atoms with Crippen molar-refractivity contribution in [1.29, 1.82) is 0 Å². The normalized spacial score (nSPS) is 12.7. The van der Waals surface area contributed by atoms with Crippen LogP contribution in [0.25, 0.3) is 10.6 Å². The number of rotatable bonds is 3. The lowest BCUT2D eigenvalue weighted by Gasteiger charge is -2.24. The molecule has 2 N–H and O–H groups in total. The van der Waals surface area contributed by atoms with Crippen molar-refractivity contribution >= 4 is 11.3 Å². The number of hydrogen-bond acceptors (Lipinski definition) is 3. The Hall–Kier alpha value is -1.19. The summed E-state index contributed by atoms with van der Waals surface area (Å²) in [6.07, 6.45) is 1.06. The second kappa shape index (κ2) is 5.54. The molecule has 0 unspecified atom stereocenters. The van der Waals surface area contributed by atoms with Gasteiger partial charge < -0.3 is 5.73 Å². The molecule has 0 fully saturated rings. The third-order valence-corrected chi connectivity index (χ3v) is 4.98. The van der Waals surface area contributed by atoms with Crippen molar-refractivity contribution in [3.8, 4) is 10.6 Å². The number of hydrogen-bond donors (Lipinski definition) is 1. The van der Waals surface area contributed by atoms with Gasteiger partial charge in [-0.25, -0.2) is 4.98 Å². The number of nitrogens with two attached hydrogens (primary N) is 1. The van der Waals surface area contributed by atoms with Crippen LogP contribution in [-0.2, 0) is 17.4 Å². The Morgan fingerprint density at radius 2 is 1.62 bits per heavy atom. The molecule has 0 radical (unpaired) electrons. The molecule has 21 heavy (non-hydrogen) atoms. The van der Waals surface area contributed by atoms with Crippen LogP contribution >= 0.6 is 11.3 Å². The molecule has 3 heteroatoms. The van der Waals surface area contributed by atoms with Crippen LogP contribution in [0.1, 0.15) is 57.7 Å². The molecule has 1 aromatic carbocycles. The molecule has 0 aliphatic carbocycles. The number of benzene rings is 1. The Bertz CT molecular complexity index is 579. The highest BCUT2D eigenvalue weighted by Crippen LogP contribution is 2.39. The molecule has 0 atom stereocenters. The standard InChI is InChI=1S/C18H26N2S/c1-7-12-8-10-13(11-9-12)16-20-14(17(2,3)4)15(21-16)18(5,6)19/h8-11H,7,19H2,1-6H3. The molecule has 0 saturated carbocycles. The Balaban J connectivity index is 2.53. The summed E-state index contributed by atoms with van der Waals surface area (Å²) in [4.78, 5) is 6.10. The molecular weight excluding hydrogens is 276 g/mol. The van der Waals surface area contributed by atoms with Crippen LogP contribution in [-0.4, -0.2) is 4.98 Å². The maximum atomic E-state index is 6.36. The SMILES string of the molecule is CCc1ccc(-c2nc(C(C)(C)C)c(C(C)(C)N)s2)cc1. The molecule has 0 spiro atoms. The van der Waals surface area contributed by atoms with E-state index in [2.05, 4.69) is 65.8 Å². The minimum absolute atomic E-state index is 0.00405. The molecule has 0 aliphatic rings. The largest absolute Gasteiger partial charge is 0.321 e. The van der Waals surface area contributed by atoms with E-state index in [1.807, 2.05) is 0 Å². The first kappa shape index (κ1) is 16.2. The van der Waals surface area contributed by atoms with Gasteiger partial charge in [0.25, 0.3) is 0 Å². The van der Waals surface area contributed by atoms with Gasteiger partial charge in [0, 0.05) is 21.4 Å². The van der Waals surface area contributed by atoms with E-state index >= 15 is 0 Å². The summed E-state index contributed by atoms with van der Waals surface area (Å²) in [5, 5.41) is 1.07. The maximum Gasteiger partial charge on any atom is 0.123 e. The smallest absolute Gasteiger partial charge is 0.123 e. The molecule has 114 valence electrons. The zero-order chi connectivity index (χ0) is 15.8. The highest BCUT2D eigenvalue weighted by molar-refractivity contribution is 7.15. The van der Waals surface area contributed by atoms with E-state index in [0.29, 0.717) is 0 Å². The third-order valence-electron chi connectivity index (χ3n) is 3.53. The van der Waals surface area contributed by atoms with Crippen LogP contribution in [0, 0.1) is 0 Å². The topological polar surface area (TPSA) is 38.9 Å². The van der Waals surface area contributed by atoms with Gasteiger partial charge in [0.1, 0.15) is 5.01 Å². The molecule has 2 nitrogen and oxygen atoms in total. The van der Waals surface area contributed by atoms with E-state index < -0.39 is 0 Å². The average molecular weight is 302 g/mol. The second-order valence-electron chi connectivity index (χ2n) is 7.22. The van der Waals surface area contributed by atoms with Crippen molar-refractivity contribution in [3.63, 3.8) is 0 Å². The van der Waals surface area contributed by atoms with Crippen molar-refractivity contribution < 1.29 is 0 Å². The molecule has 0 bridgehead atoms. The summed E-state index contributed by atoms with van der Waals surface area (Å²) in [6.45, 7) is 12.9. The first-order valence-electron chi connectivity index (χ1n) is 7.53. The summed E-state index contributed by atoms with van der Waals surface area (Å²) < 4.78 is 0. The van der Waals surface area contributed by atoms with Gasteiger partial charge in [-0.2, -0.15) is 0 Å². The Kier molecular flexibility index (Phi) is 4.27. The van der Waals surface area contributed by atoms with E-state index in [1.54, 1.807) is 11.3 Å². The second-order valence-corrected chi connectivity index (χ2v) is 8.22. The number of aromatic nitrogens is 1. The quantitative estimate of drug-likeness (QED) is 0.879. The summed E-state index contributed by atoms with van der Waals surface area (Å²) in [5.41, 5.74) is 9.66. The minimum Gasteiger partial charge on any atom is -0.321 e. The van der Waals surface area contributed by atoms with Gasteiger partial charge in [-0.3, -0.25) is 0 Å². The molecule has 0 aliphatic heterocycles. The van der Waals surface area contributed by atoms with Crippen LogP contribution in [0.2, 0.25) is 0 Å². The lowest BCUT2D eigenvalue weighted by atomic mass is 9.87. The third kappa shape index (κ3) is 3.53. The van der Waals surface area contributed by atoms with E-state index in [0.717, 1.165) is 17.1 Å². The zero-order valence-electron chi connectivity index (χ0n) is 13.9. The minimum atomic E-state index is -0.359. The van der Waals surface area contributed by atoms with E-state index in [-0.39, 0.29) is 11.0 Å². The summed E-state index contributed by atoms with van der Waals surface area (Å²) in [6, 6.07) is 8.69. The molecule has 1 heterocycles. The van der Waals surface area contributed by atoms with Crippen LogP contribution in [0.15, 0.2) is 24.3 Å². The average Bonchev–Trinajstić information content (AvgIpc) is 2.84. The molecule has 2 aromatic rings. The fourth-order valence-corrected chi connectivity index (χ4v) is 3.57. The number of thiazole rings is 1. The highest BCUT2D eigenvalue weighted by atomic mass is 32.1. The van der Waals surface area contributed by atoms with Crippen molar-refractivity contribution in [2.75, 3.05) is 0 Å². The van der Waals surface area contributed by atoms with Gasteiger partial charge in [-0.15, -0.1) is 11.3 Å². The lowest BCUT2D eigenvalue weighted by Crippen LogP contribution is -2.31. The van der Waals surface area contributed by atoms with Gasteiger partial charge in [0.15, 0.2) is 0 Å². The monoisotopic (exact) mass is 302 g/mol. The van der Waals surface area contributed by atoms with Gasteiger partial charge >= 0.3 is 0 Å². The lowest BCUT2D eigenvalue weighted by molar-refractivity contribution is 0.512. The number of aryl methyl sites for hydroxylation is 1. The van der Waals surface area contributed by atoms with Crippen molar-refractivity contribution in [1.82, 2.24) is 4.98 Å². The first-order valence-corrected chi connectivity index (χ1v) is 8.34. The van der Waals surface area contributed by atoms with Gasteiger partial charge in [0.2, 0.25) is 0 Å². The van der Waals surface area contributed by atoms with Gasteiger partial charge in [-0.1, -0.05) is 52.0 Å². The predicted octanol–water partition coefficient (Wildman–Crippen LogP) is 4.86. The predicted molar refractivity (Wildman–Crippen MR) is 92.8 cm³/mol. The molecule has 0 saturated heterocycles. The van der Waals surface area contributed by atoms with Crippen LogP contribution in [0.5, 0.6) is 0 Å². The van der Waals surface area contributed by atoms with Crippen LogP contribution in [0.3, 0.4) is 0 Å². The molecule has 0 amide bonds. The fraction of sp³-hybridized carbons (Fsp3) is 0.500.